The first-order valence-electron chi connectivity index (χ1n) is 6.71. The van der Waals surface area contributed by atoms with Crippen molar-refractivity contribution in [2.75, 3.05) is 18.4 Å². The van der Waals surface area contributed by atoms with Crippen LogP contribution in [0.3, 0.4) is 0 Å². The molecule has 1 rings (SSSR count). The number of hydrogen-bond acceptors (Lipinski definition) is 3. The zero-order chi connectivity index (χ0) is 16.0. The van der Waals surface area contributed by atoms with E-state index in [-0.39, 0.29) is 24.4 Å². The number of rotatable bonds is 6. The predicted octanol–water partition coefficient (Wildman–Crippen LogP) is 2.80. The van der Waals surface area contributed by atoms with Crippen molar-refractivity contribution >= 4 is 40.2 Å². The van der Waals surface area contributed by atoms with Gasteiger partial charge in [-0.1, -0.05) is 6.07 Å². The summed E-state index contributed by atoms with van der Waals surface area (Å²) in [5, 5.41) is 11.6. The Balaban J connectivity index is 2.65. The van der Waals surface area contributed by atoms with Crippen LogP contribution < -0.4 is 5.32 Å². The van der Waals surface area contributed by atoms with E-state index in [1.807, 2.05) is 49.9 Å². The van der Waals surface area contributed by atoms with Crippen LogP contribution in [0.1, 0.15) is 27.2 Å². The summed E-state index contributed by atoms with van der Waals surface area (Å²) in [5.41, 5.74) is 0.483. The number of carbonyl (C=O) groups is 2. The van der Waals surface area contributed by atoms with Crippen LogP contribution in [0.2, 0.25) is 0 Å². The van der Waals surface area contributed by atoms with Gasteiger partial charge in [-0.15, -0.1) is 0 Å². The number of halogens is 1. The molecule has 0 bridgehead atoms. The topological polar surface area (TPSA) is 69.6 Å². The lowest BCUT2D eigenvalue weighted by atomic mass is 10.1. The Hall–Kier alpha value is -1.15. The highest BCUT2D eigenvalue weighted by molar-refractivity contribution is 14.1. The molecule has 116 valence electrons. The van der Waals surface area contributed by atoms with Gasteiger partial charge < -0.3 is 10.4 Å². The number of carbonyl (C=O) groups excluding carboxylic acids is 1. The van der Waals surface area contributed by atoms with E-state index in [1.165, 1.54) is 0 Å². The van der Waals surface area contributed by atoms with E-state index >= 15 is 0 Å². The van der Waals surface area contributed by atoms with Gasteiger partial charge in [-0.3, -0.25) is 14.5 Å². The van der Waals surface area contributed by atoms with Crippen molar-refractivity contribution in [3.63, 3.8) is 0 Å². The minimum Gasteiger partial charge on any atom is -0.481 e. The average molecular weight is 404 g/mol. The van der Waals surface area contributed by atoms with Crippen molar-refractivity contribution in [3.8, 4) is 0 Å². The van der Waals surface area contributed by atoms with Crippen LogP contribution in [0.5, 0.6) is 0 Å². The van der Waals surface area contributed by atoms with Gasteiger partial charge in [0.2, 0.25) is 5.91 Å². The molecular formula is C15H21IN2O3. The largest absolute Gasteiger partial charge is 0.481 e. The van der Waals surface area contributed by atoms with Crippen LogP contribution in [-0.2, 0) is 9.59 Å². The highest BCUT2D eigenvalue weighted by atomic mass is 127. The van der Waals surface area contributed by atoms with E-state index in [0.29, 0.717) is 6.54 Å². The van der Waals surface area contributed by atoms with Gasteiger partial charge in [0.25, 0.3) is 0 Å². The van der Waals surface area contributed by atoms with E-state index in [4.69, 9.17) is 5.11 Å². The molecule has 2 N–H and O–H groups in total. The molecule has 0 heterocycles. The minimum atomic E-state index is -0.859. The second-order valence-corrected chi connectivity index (χ2v) is 7.04. The van der Waals surface area contributed by atoms with Gasteiger partial charge >= 0.3 is 5.97 Å². The normalized spacial score (nSPS) is 11.5. The monoisotopic (exact) mass is 404 g/mol. The average Bonchev–Trinajstić information content (AvgIpc) is 2.32. The van der Waals surface area contributed by atoms with Crippen molar-refractivity contribution < 1.29 is 14.7 Å². The predicted molar refractivity (Wildman–Crippen MR) is 91.4 cm³/mol. The van der Waals surface area contributed by atoms with Gasteiger partial charge in [0.15, 0.2) is 0 Å². The summed E-state index contributed by atoms with van der Waals surface area (Å²) >= 11 is 2.18. The molecule has 0 spiro atoms. The van der Waals surface area contributed by atoms with Gasteiger partial charge in [-0.2, -0.15) is 0 Å². The van der Waals surface area contributed by atoms with Crippen LogP contribution in [0.4, 0.5) is 5.69 Å². The second-order valence-electron chi connectivity index (χ2n) is 5.79. The summed E-state index contributed by atoms with van der Waals surface area (Å²) in [6.07, 6.45) is 0.0216. The summed E-state index contributed by atoms with van der Waals surface area (Å²) in [4.78, 5) is 24.7. The van der Waals surface area contributed by atoms with Crippen LogP contribution in [0, 0.1) is 3.57 Å². The maximum Gasteiger partial charge on any atom is 0.304 e. The van der Waals surface area contributed by atoms with Crippen molar-refractivity contribution in [3.05, 3.63) is 27.8 Å². The highest BCUT2D eigenvalue weighted by Crippen LogP contribution is 2.15. The molecule has 0 aromatic heterocycles. The quantitative estimate of drug-likeness (QED) is 0.716. The number of anilines is 1. The standard InChI is InChI=1S/C15H21IN2O3/c1-15(2,3)18(8-7-14(20)21)10-13(19)17-12-6-4-5-11(16)9-12/h4-6,9H,7-8,10H2,1-3H3,(H,17,19)(H,20,21). The van der Waals surface area contributed by atoms with Crippen molar-refractivity contribution in [2.45, 2.75) is 32.7 Å². The molecule has 0 radical (unpaired) electrons. The second kappa shape index (κ2) is 7.74. The molecule has 1 aromatic carbocycles. The Morgan fingerprint density at radius 3 is 2.52 bits per heavy atom. The SMILES string of the molecule is CC(C)(C)N(CCC(=O)O)CC(=O)Nc1cccc(I)c1. The summed E-state index contributed by atoms with van der Waals surface area (Å²) < 4.78 is 1.05. The van der Waals surface area contributed by atoms with Gasteiger partial charge in [-0.05, 0) is 61.6 Å². The molecule has 0 saturated carbocycles. The van der Waals surface area contributed by atoms with Crippen molar-refractivity contribution in [2.24, 2.45) is 0 Å². The number of amides is 1. The fourth-order valence-electron chi connectivity index (χ4n) is 1.82. The molecule has 0 atom stereocenters. The Labute approximate surface area is 138 Å². The number of nitrogens with one attached hydrogen (secondary N) is 1. The Morgan fingerprint density at radius 2 is 2.00 bits per heavy atom. The fourth-order valence-corrected chi connectivity index (χ4v) is 2.37. The molecule has 1 aromatic rings. The van der Waals surface area contributed by atoms with E-state index in [9.17, 15) is 9.59 Å². The summed E-state index contributed by atoms with van der Waals surface area (Å²) in [7, 11) is 0. The Kier molecular flexibility index (Phi) is 6.60. The first-order valence-corrected chi connectivity index (χ1v) is 7.78. The molecule has 0 aliphatic heterocycles. The number of nitrogens with zero attached hydrogens (tertiary/aromatic N) is 1. The first kappa shape index (κ1) is 17.9. The van der Waals surface area contributed by atoms with Crippen LogP contribution in [-0.4, -0.2) is 40.5 Å². The maximum absolute atomic E-state index is 12.1. The van der Waals surface area contributed by atoms with Crippen LogP contribution >= 0.6 is 22.6 Å². The molecular weight excluding hydrogens is 383 g/mol. The van der Waals surface area contributed by atoms with Crippen LogP contribution in [0.25, 0.3) is 0 Å². The molecule has 5 nitrogen and oxygen atoms in total. The maximum atomic E-state index is 12.1. The third-order valence-corrected chi connectivity index (χ3v) is 3.66. The lowest BCUT2D eigenvalue weighted by Gasteiger charge is -2.34. The number of hydrogen-bond donors (Lipinski definition) is 2. The van der Waals surface area contributed by atoms with E-state index in [0.717, 1.165) is 9.26 Å². The lowest BCUT2D eigenvalue weighted by molar-refractivity contribution is -0.138. The third kappa shape index (κ3) is 6.90. The molecule has 0 aliphatic rings. The first-order chi connectivity index (χ1) is 9.68. The molecule has 0 saturated heterocycles. The number of aliphatic carboxylic acids is 1. The van der Waals surface area contributed by atoms with Crippen LogP contribution in [0.15, 0.2) is 24.3 Å². The van der Waals surface area contributed by atoms with E-state index < -0.39 is 5.97 Å². The Morgan fingerprint density at radius 1 is 1.33 bits per heavy atom. The third-order valence-electron chi connectivity index (χ3n) is 2.99. The van der Waals surface area contributed by atoms with Gasteiger partial charge in [0.05, 0.1) is 13.0 Å². The molecule has 21 heavy (non-hydrogen) atoms. The minimum absolute atomic E-state index is 0.0216. The number of carboxylic acid groups (broad SMARTS) is 1. The Bertz CT molecular complexity index is 512. The van der Waals surface area contributed by atoms with Gasteiger partial charge in [0.1, 0.15) is 0 Å². The van der Waals surface area contributed by atoms with Crippen molar-refractivity contribution in [1.82, 2.24) is 4.90 Å². The molecule has 0 unspecified atom stereocenters. The molecule has 1 amide bonds. The van der Waals surface area contributed by atoms with E-state index in [2.05, 4.69) is 27.9 Å². The fraction of sp³-hybridized carbons (Fsp3) is 0.467. The van der Waals surface area contributed by atoms with Gasteiger partial charge in [0, 0.05) is 21.3 Å². The zero-order valence-corrected chi connectivity index (χ0v) is 14.7. The highest BCUT2D eigenvalue weighted by Gasteiger charge is 2.24. The number of benzene rings is 1. The smallest absolute Gasteiger partial charge is 0.304 e. The lowest BCUT2D eigenvalue weighted by Crippen LogP contribution is -2.46. The molecule has 6 heteroatoms. The van der Waals surface area contributed by atoms with E-state index in [1.54, 1.807) is 0 Å². The summed E-state index contributed by atoms with van der Waals surface area (Å²) in [6.45, 7) is 6.41. The van der Waals surface area contributed by atoms with Gasteiger partial charge in [-0.25, -0.2) is 0 Å². The molecule has 0 aliphatic carbocycles. The van der Waals surface area contributed by atoms with Crippen molar-refractivity contribution in [1.29, 1.82) is 0 Å². The zero-order valence-electron chi connectivity index (χ0n) is 12.5. The summed E-state index contributed by atoms with van der Waals surface area (Å²) in [5.74, 6) is -1.00. The molecule has 0 fully saturated rings. The number of carboxylic acids is 1. The summed E-state index contributed by atoms with van der Waals surface area (Å²) in [6, 6.07) is 7.55.